The van der Waals surface area contributed by atoms with Gasteiger partial charge in [0.1, 0.15) is 11.5 Å². The van der Waals surface area contributed by atoms with Gasteiger partial charge in [0.2, 0.25) is 0 Å². The van der Waals surface area contributed by atoms with Crippen molar-refractivity contribution in [2.45, 2.75) is 40.3 Å². The molecule has 1 aromatic heterocycles. The van der Waals surface area contributed by atoms with Gasteiger partial charge in [-0.05, 0) is 87.4 Å². The zero-order chi connectivity index (χ0) is 24.4. The fourth-order valence-corrected chi connectivity index (χ4v) is 4.55. The monoisotopic (exact) mass is 456 g/mol. The van der Waals surface area contributed by atoms with E-state index in [0.717, 1.165) is 50.5 Å². The lowest BCUT2D eigenvalue weighted by Gasteiger charge is -2.29. The van der Waals surface area contributed by atoms with Gasteiger partial charge in [0.05, 0.1) is 26.3 Å². The lowest BCUT2D eigenvalue weighted by Crippen LogP contribution is -2.37. The number of fused-ring (bicyclic) bond motifs is 1. The maximum Gasteiger partial charge on any atom is 0.254 e. The number of hydrogen-bond acceptors (Lipinski definition) is 3. The number of aromatic nitrogens is 1. The number of aryl methyl sites for hydroxylation is 2. The number of carbonyl (C=O) groups is 1. The Morgan fingerprint density at radius 1 is 0.882 bits per heavy atom. The summed E-state index contributed by atoms with van der Waals surface area (Å²) in [5, 5.41) is 1.14. The number of rotatable bonds is 7. The number of nitrogens with zero attached hydrogens (tertiary/aromatic N) is 2. The van der Waals surface area contributed by atoms with E-state index in [1.165, 1.54) is 0 Å². The fourth-order valence-electron chi connectivity index (χ4n) is 4.55. The molecule has 0 radical (unpaired) electrons. The molecule has 0 saturated carbocycles. The molecule has 0 N–H and O–H groups in total. The second kappa shape index (κ2) is 9.64. The van der Waals surface area contributed by atoms with E-state index in [9.17, 15) is 4.79 Å². The summed E-state index contributed by atoms with van der Waals surface area (Å²) in [6, 6.07) is 22.4. The summed E-state index contributed by atoms with van der Waals surface area (Å²) in [6.07, 6.45) is 0. The minimum Gasteiger partial charge on any atom is -0.497 e. The third kappa shape index (κ3) is 4.38. The first kappa shape index (κ1) is 23.4. The van der Waals surface area contributed by atoms with Crippen LogP contribution in [0.25, 0.3) is 16.6 Å². The largest absolute Gasteiger partial charge is 0.497 e. The topological polar surface area (TPSA) is 43.7 Å². The summed E-state index contributed by atoms with van der Waals surface area (Å²) in [6.45, 7) is 8.55. The zero-order valence-electron chi connectivity index (χ0n) is 20.8. The van der Waals surface area contributed by atoms with Crippen LogP contribution in [-0.4, -0.2) is 35.6 Å². The molecule has 0 bridgehead atoms. The third-order valence-electron chi connectivity index (χ3n) is 6.29. The molecule has 4 aromatic rings. The molecule has 0 fully saturated rings. The predicted octanol–water partition coefficient (Wildman–Crippen LogP) is 6.32. The Balaban J connectivity index is 1.79. The van der Waals surface area contributed by atoms with E-state index in [0.29, 0.717) is 6.54 Å². The fraction of sp³-hybridized carbons (Fsp3) is 0.276. The lowest BCUT2D eigenvalue weighted by molar-refractivity contribution is 0.0685. The van der Waals surface area contributed by atoms with Crippen LogP contribution in [0.2, 0.25) is 0 Å². The number of ether oxygens (including phenoxy) is 2. The number of amides is 1. The van der Waals surface area contributed by atoms with Crippen molar-refractivity contribution in [3.05, 3.63) is 89.1 Å². The van der Waals surface area contributed by atoms with Crippen molar-refractivity contribution >= 4 is 16.8 Å². The number of carbonyl (C=O) groups excluding carboxylic acids is 1. The van der Waals surface area contributed by atoms with Gasteiger partial charge in [-0.1, -0.05) is 18.2 Å². The van der Waals surface area contributed by atoms with Gasteiger partial charge in [0.25, 0.3) is 5.91 Å². The normalized spacial score (nSPS) is 11.1. The van der Waals surface area contributed by atoms with Crippen LogP contribution in [0, 0.1) is 13.8 Å². The lowest BCUT2D eigenvalue weighted by atomic mass is 10.0. The standard InChI is InChI=1S/C29H32N2O3/c1-19(2)30(29(32)28-20(3)15-26(34-6)16-21(28)4)18-24-17-22-9-7-8-10-27(22)31(24)23-11-13-25(33-5)14-12-23/h7-17,19H,18H2,1-6H3. The Morgan fingerprint density at radius 3 is 2.09 bits per heavy atom. The third-order valence-corrected chi connectivity index (χ3v) is 6.29. The van der Waals surface area contributed by atoms with E-state index in [1.54, 1.807) is 14.2 Å². The molecule has 0 unspecified atom stereocenters. The van der Waals surface area contributed by atoms with Crippen LogP contribution in [0.4, 0.5) is 0 Å². The van der Waals surface area contributed by atoms with E-state index in [4.69, 9.17) is 9.47 Å². The first-order valence-corrected chi connectivity index (χ1v) is 11.5. The summed E-state index contributed by atoms with van der Waals surface area (Å²) >= 11 is 0. The number of para-hydroxylation sites is 1. The highest BCUT2D eigenvalue weighted by Crippen LogP contribution is 2.29. The molecular formula is C29H32N2O3. The predicted molar refractivity (Wildman–Crippen MR) is 137 cm³/mol. The summed E-state index contributed by atoms with van der Waals surface area (Å²) in [5.41, 5.74) is 5.77. The molecular weight excluding hydrogens is 424 g/mol. The highest BCUT2D eigenvalue weighted by atomic mass is 16.5. The van der Waals surface area contributed by atoms with Crippen molar-refractivity contribution in [2.75, 3.05) is 14.2 Å². The zero-order valence-corrected chi connectivity index (χ0v) is 20.8. The molecule has 0 aliphatic carbocycles. The van der Waals surface area contributed by atoms with Gasteiger partial charge in [-0.2, -0.15) is 0 Å². The van der Waals surface area contributed by atoms with E-state index < -0.39 is 0 Å². The second-order valence-corrected chi connectivity index (χ2v) is 8.89. The molecule has 0 aliphatic rings. The molecule has 3 aromatic carbocycles. The summed E-state index contributed by atoms with van der Waals surface area (Å²) in [5.74, 6) is 1.60. The Kier molecular flexibility index (Phi) is 6.64. The van der Waals surface area contributed by atoms with Crippen molar-refractivity contribution in [1.29, 1.82) is 0 Å². The Hall–Kier alpha value is -3.73. The minimum absolute atomic E-state index is 0.0238. The van der Waals surface area contributed by atoms with Gasteiger partial charge in [0.15, 0.2) is 0 Å². The molecule has 0 aliphatic heterocycles. The van der Waals surface area contributed by atoms with Crippen LogP contribution in [0.5, 0.6) is 11.5 Å². The van der Waals surface area contributed by atoms with Gasteiger partial charge in [0, 0.05) is 28.4 Å². The quantitative estimate of drug-likeness (QED) is 0.327. The minimum atomic E-state index is 0.0238. The van der Waals surface area contributed by atoms with Crippen LogP contribution < -0.4 is 9.47 Å². The van der Waals surface area contributed by atoms with Gasteiger partial charge >= 0.3 is 0 Å². The van der Waals surface area contributed by atoms with Crippen LogP contribution in [0.1, 0.15) is 41.0 Å². The SMILES string of the molecule is COc1ccc(-n2c(CN(C(=O)c3c(C)cc(OC)cc3C)C(C)C)cc3ccccc32)cc1. The van der Waals surface area contributed by atoms with Crippen LogP contribution in [-0.2, 0) is 6.54 Å². The molecule has 0 saturated heterocycles. The Bertz CT molecular complexity index is 1300. The van der Waals surface area contributed by atoms with Crippen molar-refractivity contribution in [1.82, 2.24) is 9.47 Å². The highest BCUT2D eigenvalue weighted by Gasteiger charge is 2.25. The van der Waals surface area contributed by atoms with E-state index >= 15 is 0 Å². The van der Waals surface area contributed by atoms with Crippen molar-refractivity contribution < 1.29 is 14.3 Å². The second-order valence-electron chi connectivity index (χ2n) is 8.89. The number of hydrogen-bond donors (Lipinski definition) is 0. The molecule has 0 atom stereocenters. The molecule has 4 rings (SSSR count). The van der Waals surface area contributed by atoms with Crippen LogP contribution in [0.3, 0.4) is 0 Å². The molecule has 5 nitrogen and oxygen atoms in total. The Labute approximate surface area is 201 Å². The van der Waals surface area contributed by atoms with Gasteiger partial charge in [-0.25, -0.2) is 0 Å². The Morgan fingerprint density at radius 2 is 1.50 bits per heavy atom. The van der Waals surface area contributed by atoms with Gasteiger partial charge < -0.3 is 18.9 Å². The number of benzene rings is 3. The van der Waals surface area contributed by atoms with Crippen LogP contribution in [0.15, 0.2) is 66.7 Å². The van der Waals surface area contributed by atoms with Gasteiger partial charge in [-0.15, -0.1) is 0 Å². The van der Waals surface area contributed by atoms with E-state index in [1.807, 2.05) is 67.3 Å². The number of methoxy groups -OCH3 is 2. The smallest absolute Gasteiger partial charge is 0.254 e. The average Bonchev–Trinajstić information content (AvgIpc) is 3.19. The van der Waals surface area contributed by atoms with Crippen molar-refractivity contribution in [2.24, 2.45) is 0 Å². The molecule has 5 heteroatoms. The summed E-state index contributed by atoms with van der Waals surface area (Å²) < 4.78 is 13.0. The first-order valence-electron chi connectivity index (χ1n) is 11.5. The van der Waals surface area contributed by atoms with Gasteiger partial charge in [-0.3, -0.25) is 4.79 Å². The van der Waals surface area contributed by atoms with E-state index in [2.05, 4.69) is 36.6 Å². The van der Waals surface area contributed by atoms with Crippen molar-refractivity contribution in [3.8, 4) is 17.2 Å². The first-order chi connectivity index (χ1) is 16.3. The highest BCUT2D eigenvalue weighted by molar-refractivity contribution is 5.97. The van der Waals surface area contributed by atoms with Crippen LogP contribution >= 0.6 is 0 Å². The maximum absolute atomic E-state index is 13.8. The molecule has 176 valence electrons. The van der Waals surface area contributed by atoms with Crippen molar-refractivity contribution in [3.63, 3.8) is 0 Å². The average molecular weight is 457 g/mol. The maximum atomic E-state index is 13.8. The molecule has 0 spiro atoms. The van der Waals surface area contributed by atoms with E-state index in [-0.39, 0.29) is 11.9 Å². The summed E-state index contributed by atoms with van der Waals surface area (Å²) in [7, 11) is 3.31. The molecule has 34 heavy (non-hydrogen) atoms. The molecule has 1 heterocycles. The molecule has 1 amide bonds. The summed E-state index contributed by atoms with van der Waals surface area (Å²) in [4.78, 5) is 15.8.